The van der Waals surface area contributed by atoms with Crippen LogP contribution in [0, 0.1) is 11.8 Å². The number of aliphatic carboxylic acids is 1. The summed E-state index contributed by atoms with van der Waals surface area (Å²) >= 11 is 0. The maximum Gasteiger partial charge on any atom is 0.303 e. The third-order valence-electron chi connectivity index (χ3n) is 5.38. The van der Waals surface area contributed by atoms with Crippen molar-refractivity contribution in [3.05, 3.63) is 60.2 Å². The van der Waals surface area contributed by atoms with Gasteiger partial charge in [0.2, 0.25) is 0 Å². The van der Waals surface area contributed by atoms with E-state index in [-0.39, 0.29) is 18.3 Å². The van der Waals surface area contributed by atoms with Crippen LogP contribution in [-0.2, 0) is 11.2 Å². The summed E-state index contributed by atoms with van der Waals surface area (Å²) in [4.78, 5) is 10.5. The average molecular weight is 389 g/mol. The molecule has 5 atom stereocenters. The molecule has 2 rings (SSSR count). The Morgan fingerprint density at radius 1 is 1.14 bits per heavy atom. The van der Waals surface area contributed by atoms with E-state index in [9.17, 15) is 20.1 Å². The highest BCUT2D eigenvalue weighted by Crippen LogP contribution is 2.36. The van der Waals surface area contributed by atoms with E-state index in [1.54, 1.807) is 6.08 Å². The molecule has 5 nitrogen and oxygen atoms in total. The molecule has 1 aliphatic carbocycles. The first-order valence-electron chi connectivity index (χ1n) is 10.1. The standard InChI is InChI=1S/C23H32O5/c24-18(13-12-17-8-4-3-5-9-17)14-15-20-19(21(25)16-22(20)26)10-6-1-2-7-11-23(27)28/h1,3-6,8-9,14-15,18-22,24-26H,2,7,10-13,16H2,(H,27,28)/b6-1-,15-14+/t18-,19-,20+,21+,22+/m0/s1. The summed E-state index contributed by atoms with van der Waals surface area (Å²) in [6.07, 6.45) is 9.51. The minimum Gasteiger partial charge on any atom is -0.481 e. The molecule has 1 aromatic carbocycles. The molecule has 28 heavy (non-hydrogen) atoms. The molecule has 1 fully saturated rings. The molecule has 0 aromatic heterocycles. The Morgan fingerprint density at radius 2 is 1.89 bits per heavy atom. The maximum atomic E-state index is 10.5. The number of carboxylic acid groups (broad SMARTS) is 1. The van der Waals surface area contributed by atoms with Crippen LogP contribution in [0.1, 0.15) is 44.1 Å². The zero-order valence-electron chi connectivity index (χ0n) is 16.2. The van der Waals surface area contributed by atoms with Crippen molar-refractivity contribution in [3.63, 3.8) is 0 Å². The molecule has 1 aliphatic rings. The highest BCUT2D eigenvalue weighted by Gasteiger charge is 2.39. The summed E-state index contributed by atoms with van der Waals surface area (Å²) in [7, 11) is 0. The number of allylic oxidation sites excluding steroid dienone is 2. The largest absolute Gasteiger partial charge is 0.481 e. The zero-order chi connectivity index (χ0) is 20.4. The van der Waals surface area contributed by atoms with E-state index in [4.69, 9.17) is 5.11 Å². The third-order valence-corrected chi connectivity index (χ3v) is 5.38. The van der Waals surface area contributed by atoms with Crippen LogP contribution in [0.5, 0.6) is 0 Å². The molecule has 0 heterocycles. The topological polar surface area (TPSA) is 98.0 Å². The van der Waals surface area contributed by atoms with Crippen LogP contribution in [0.3, 0.4) is 0 Å². The Morgan fingerprint density at radius 3 is 2.61 bits per heavy atom. The van der Waals surface area contributed by atoms with Crippen molar-refractivity contribution in [2.45, 2.75) is 63.3 Å². The molecule has 154 valence electrons. The van der Waals surface area contributed by atoms with Gasteiger partial charge in [-0.1, -0.05) is 54.6 Å². The first-order valence-corrected chi connectivity index (χ1v) is 10.1. The smallest absolute Gasteiger partial charge is 0.303 e. The number of rotatable bonds is 11. The first-order chi connectivity index (χ1) is 13.5. The number of carbonyl (C=O) groups is 1. The van der Waals surface area contributed by atoms with Crippen LogP contribution in [0.25, 0.3) is 0 Å². The molecule has 0 bridgehead atoms. The van der Waals surface area contributed by atoms with Crippen LogP contribution >= 0.6 is 0 Å². The lowest BCUT2D eigenvalue weighted by Crippen LogP contribution is -2.20. The summed E-state index contributed by atoms with van der Waals surface area (Å²) in [5, 5.41) is 39.4. The quantitative estimate of drug-likeness (QED) is 0.345. The van der Waals surface area contributed by atoms with Crippen molar-refractivity contribution >= 4 is 5.97 Å². The van der Waals surface area contributed by atoms with Crippen molar-refractivity contribution in [1.29, 1.82) is 0 Å². The summed E-state index contributed by atoms with van der Waals surface area (Å²) < 4.78 is 0. The summed E-state index contributed by atoms with van der Waals surface area (Å²) in [6, 6.07) is 9.99. The molecular weight excluding hydrogens is 356 g/mol. The van der Waals surface area contributed by atoms with Crippen LogP contribution in [0.15, 0.2) is 54.6 Å². The summed E-state index contributed by atoms with van der Waals surface area (Å²) in [5.74, 6) is -1.08. The number of aliphatic hydroxyl groups excluding tert-OH is 3. The summed E-state index contributed by atoms with van der Waals surface area (Å²) in [5.41, 5.74) is 1.18. The van der Waals surface area contributed by atoms with Crippen LogP contribution < -0.4 is 0 Å². The molecule has 0 radical (unpaired) electrons. The lowest BCUT2D eigenvalue weighted by molar-refractivity contribution is -0.137. The van der Waals surface area contributed by atoms with Crippen LogP contribution in [-0.4, -0.2) is 44.7 Å². The van der Waals surface area contributed by atoms with E-state index in [0.717, 1.165) is 6.42 Å². The van der Waals surface area contributed by atoms with Crippen molar-refractivity contribution < 1.29 is 25.2 Å². The van der Waals surface area contributed by atoms with Gasteiger partial charge < -0.3 is 20.4 Å². The highest BCUT2D eigenvalue weighted by atomic mass is 16.4. The van der Waals surface area contributed by atoms with Gasteiger partial charge in [0.05, 0.1) is 18.3 Å². The fraction of sp³-hybridized carbons (Fsp3) is 0.522. The van der Waals surface area contributed by atoms with Crippen LogP contribution in [0.2, 0.25) is 0 Å². The van der Waals surface area contributed by atoms with Gasteiger partial charge in [0.1, 0.15) is 0 Å². The van der Waals surface area contributed by atoms with Gasteiger partial charge >= 0.3 is 5.97 Å². The number of benzene rings is 1. The lowest BCUT2D eigenvalue weighted by atomic mass is 9.89. The average Bonchev–Trinajstić information content (AvgIpc) is 2.94. The Kier molecular flexibility index (Phi) is 9.41. The fourth-order valence-corrected chi connectivity index (χ4v) is 3.76. The Hall–Kier alpha value is -1.95. The molecule has 0 saturated heterocycles. The van der Waals surface area contributed by atoms with Gasteiger partial charge in [-0.05, 0) is 43.6 Å². The second kappa shape index (κ2) is 11.8. The zero-order valence-corrected chi connectivity index (χ0v) is 16.2. The van der Waals surface area contributed by atoms with Crippen molar-refractivity contribution in [1.82, 2.24) is 0 Å². The van der Waals surface area contributed by atoms with Gasteiger partial charge in [0, 0.05) is 18.8 Å². The Labute approximate surface area is 167 Å². The monoisotopic (exact) mass is 388 g/mol. The SMILES string of the molecule is O=C(O)CCC/C=C\C[C@H]1[C@@H](/C=C/[C@@H](O)CCc2ccccc2)[C@H](O)C[C@H]1O. The number of carboxylic acids is 1. The van der Waals surface area contributed by atoms with E-state index < -0.39 is 24.3 Å². The number of unbranched alkanes of at least 4 members (excludes halogenated alkanes) is 1. The Balaban J connectivity index is 1.82. The van der Waals surface area contributed by atoms with E-state index in [1.807, 2.05) is 48.6 Å². The van der Waals surface area contributed by atoms with Crippen molar-refractivity contribution in [2.24, 2.45) is 11.8 Å². The maximum absolute atomic E-state index is 10.5. The van der Waals surface area contributed by atoms with E-state index in [1.165, 1.54) is 5.56 Å². The minimum absolute atomic E-state index is 0.0942. The number of aliphatic hydroxyl groups is 3. The molecular formula is C23H32O5. The molecule has 1 aromatic rings. The number of aryl methyl sites for hydroxylation is 1. The predicted octanol–water partition coefficient (Wildman–Crippen LogP) is 3.10. The van der Waals surface area contributed by atoms with Gasteiger partial charge in [-0.15, -0.1) is 0 Å². The summed E-state index contributed by atoms with van der Waals surface area (Å²) in [6.45, 7) is 0. The molecule has 4 N–H and O–H groups in total. The number of hydrogen-bond donors (Lipinski definition) is 4. The van der Waals surface area contributed by atoms with Crippen molar-refractivity contribution in [3.8, 4) is 0 Å². The van der Waals surface area contributed by atoms with Crippen LogP contribution in [0.4, 0.5) is 0 Å². The second-order valence-corrected chi connectivity index (χ2v) is 7.58. The second-order valence-electron chi connectivity index (χ2n) is 7.58. The van der Waals surface area contributed by atoms with E-state index in [2.05, 4.69) is 0 Å². The van der Waals surface area contributed by atoms with Crippen molar-refractivity contribution in [2.75, 3.05) is 0 Å². The molecule has 0 unspecified atom stereocenters. The van der Waals surface area contributed by atoms with Gasteiger partial charge in [0.25, 0.3) is 0 Å². The first kappa shape index (κ1) is 22.3. The van der Waals surface area contributed by atoms with E-state index >= 15 is 0 Å². The molecule has 0 aliphatic heterocycles. The molecule has 1 saturated carbocycles. The fourth-order valence-electron chi connectivity index (χ4n) is 3.76. The van der Waals surface area contributed by atoms with E-state index in [0.29, 0.717) is 32.1 Å². The van der Waals surface area contributed by atoms with Gasteiger partial charge in [0.15, 0.2) is 0 Å². The molecule has 0 amide bonds. The van der Waals surface area contributed by atoms with Gasteiger partial charge in [-0.25, -0.2) is 0 Å². The normalized spacial score (nSPS) is 26.2. The highest BCUT2D eigenvalue weighted by molar-refractivity contribution is 5.66. The van der Waals surface area contributed by atoms with Gasteiger partial charge in [-0.3, -0.25) is 4.79 Å². The predicted molar refractivity (Wildman–Crippen MR) is 109 cm³/mol. The molecule has 5 heteroatoms. The lowest BCUT2D eigenvalue weighted by Gasteiger charge is -2.19. The third kappa shape index (κ3) is 7.58. The van der Waals surface area contributed by atoms with Gasteiger partial charge in [-0.2, -0.15) is 0 Å². The minimum atomic E-state index is -0.793. The number of hydrogen-bond acceptors (Lipinski definition) is 4. The Bertz CT molecular complexity index is 640. The molecule has 0 spiro atoms.